The maximum Gasteiger partial charge on any atom is 0.231 e. The van der Waals surface area contributed by atoms with Gasteiger partial charge >= 0.3 is 0 Å². The van der Waals surface area contributed by atoms with Crippen LogP contribution in [0.2, 0.25) is 0 Å². The summed E-state index contributed by atoms with van der Waals surface area (Å²) in [5, 5.41) is 3.86. The number of hydrogen-bond acceptors (Lipinski definition) is 2. The van der Waals surface area contributed by atoms with Crippen molar-refractivity contribution in [3.8, 4) is 0 Å². The first-order valence-corrected chi connectivity index (χ1v) is 7.03. The number of hydrogen-bond donors (Lipinski definition) is 1. The van der Waals surface area contributed by atoms with Crippen molar-refractivity contribution in [3.05, 3.63) is 64.8 Å². The maximum absolute atomic E-state index is 12.0. The number of benzene rings is 2. The topological polar surface area (TPSA) is 42.2 Å². The summed E-state index contributed by atoms with van der Waals surface area (Å²) in [4.78, 5) is 12.0. The molecule has 0 spiro atoms. The van der Waals surface area contributed by atoms with Crippen LogP contribution < -0.4 is 5.32 Å². The molecule has 0 unspecified atom stereocenters. The molecule has 0 saturated carbocycles. The van der Waals surface area contributed by atoms with Crippen molar-refractivity contribution < 1.29 is 9.21 Å². The molecule has 0 aliphatic heterocycles. The van der Waals surface area contributed by atoms with Crippen LogP contribution in [0.25, 0.3) is 11.0 Å². The molecule has 0 bridgehead atoms. The standard InChI is InChI=1S/C16H12BrNO2/c17-12-5-7-13(8-6-12)18-16(19)10-14-9-11-3-1-2-4-15(11)20-14/h1-9H,10H2,(H,18,19). The number of furan rings is 1. The van der Waals surface area contributed by atoms with Gasteiger partial charge in [-0.2, -0.15) is 0 Å². The van der Waals surface area contributed by atoms with Crippen LogP contribution in [0.3, 0.4) is 0 Å². The molecule has 1 aromatic heterocycles. The molecule has 0 aliphatic rings. The number of carbonyl (C=O) groups is 1. The number of fused-ring (bicyclic) bond motifs is 1. The zero-order valence-electron chi connectivity index (χ0n) is 10.6. The third-order valence-corrected chi connectivity index (χ3v) is 3.47. The van der Waals surface area contributed by atoms with E-state index in [0.29, 0.717) is 5.76 Å². The van der Waals surface area contributed by atoms with E-state index in [1.165, 1.54) is 0 Å². The van der Waals surface area contributed by atoms with E-state index in [1.807, 2.05) is 54.6 Å². The monoisotopic (exact) mass is 329 g/mol. The van der Waals surface area contributed by atoms with Crippen LogP contribution in [-0.2, 0) is 11.2 Å². The molecular formula is C16H12BrNO2. The lowest BCUT2D eigenvalue weighted by Crippen LogP contribution is -2.13. The molecule has 0 saturated heterocycles. The van der Waals surface area contributed by atoms with Crippen molar-refractivity contribution in [3.63, 3.8) is 0 Å². The van der Waals surface area contributed by atoms with Crippen molar-refractivity contribution in [2.45, 2.75) is 6.42 Å². The molecule has 20 heavy (non-hydrogen) atoms. The van der Waals surface area contributed by atoms with Gasteiger partial charge in [0.05, 0.1) is 6.42 Å². The average Bonchev–Trinajstić information content (AvgIpc) is 2.83. The van der Waals surface area contributed by atoms with Crippen LogP contribution in [0.4, 0.5) is 5.69 Å². The molecular weight excluding hydrogens is 318 g/mol. The van der Waals surface area contributed by atoms with Crippen molar-refractivity contribution >= 4 is 38.5 Å². The second kappa shape index (κ2) is 5.51. The summed E-state index contributed by atoms with van der Waals surface area (Å²) in [5.41, 5.74) is 1.58. The van der Waals surface area contributed by atoms with Gasteiger partial charge in [0.15, 0.2) is 0 Å². The molecule has 3 nitrogen and oxygen atoms in total. The van der Waals surface area contributed by atoms with Gasteiger partial charge in [0, 0.05) is 15.5 Å². The Morgan fingerprint density at radius 2 is 1.85 bits per heavy atom. The van der Waals surface area contributed by atoms with Gasteiger partial charge in [-0.3, -0.25) is 4.79 Å². The van der Waals surface area contributed by atoms with E-state index in [1.54, 1.807) is 0 Å². The van der Waals surface area contributed by atoms with Crippen molar-refractivity contribution in [2.75, 3.05) is 5.32 Å². The second-order valence-corrected chi connectivity index (χ2v) is 5.40. The van der Waals surface area contributed by atoms with E-state index >= 15 is 0 Å². The fraction of sp³-hybridized carbons (Fsp3) is 0.0625. The first-order chi connectivity index (χ1) is 9.70. The molecule has 100 valence electrons. The number of nitrogens with one attached hydrogen (secondary N) is 1. The van der Waals surface area contributed by atoms with E-state index in [-0.39, 0.29) is 12.3 Å². The van der Waals surface area contributed by atoms with Gasteiger partial charge in [-0.1, -0.05) is 34.1 Å². The molecule has 3 aromatic rings. The number of rotatable bonds is 3. The smallest absolute Gasteiger partial charge is 0.231 e. The summed E-state index contributed by atoms with van der Waals surface area (Å²) in [6.45, 7) is 0. The molecule has 0 fully saturated rings. The third-order valence-electron chi connectivity index (χ3n) is 2.94. The van der Waals surface area contributed by atoms with Crippen LogP contribution >= 0.6 is 15.9 Å². The fourth-order valence-corrected chi connectivity index (χ4v) is 2.28. The lowest BCUT2D eigenvalue weighted by Gasteiger charge is -2.03. The summed E-state index contributed by atoms with van der Waals surface area (Å²) in [6.07, 6.45) is 0.227. The number of halogens is 1. The predicted octanol–water partition coefficient (Wildman–Crippen LogP) is 4.38. The largest absolute Gasteiger partial charge is 0.461 e. The Morgan fingerprint density at radius 3 is 2.60 bits per heavy atom. The first kappa shape index (κ1) is 12.9. The lowest BCUT2D eigenvalue weighted by molar-refractivity contribution is -0.115. The number of carbonyl (C=O) groups excluding carboxylic acids is 1. The maximum atomic E-state index is 12.0. The molecule has 1 amide bonds. The fourth-order valence-electron chi connectivity index (χ4n) is 2.02. The van der Waals surface area contributed by atoms with Crippen LogP contribution in [0.15, 0.2) is 63.5 Å². The minimum atomic E-state index is -0.0913. The Kier molecular flexibility index (Phi) is 3.56. The quantitative estimate of drug-likeness (QED) is 0.774. The van der Waals surface area contributed by atoms with Gasteiger partial charge in [0.25, 0.3) is 0 Å². The van der Waals surface area contributed by atoms with Gasteiger partial charge in [0.2, 0.25) is 5.91 Å². The van der Waals surface area contributed by atoms with E-state index < -0.39 is 0 Å². The third kappa shape index (κ3) is 2.91. The Bertz CT molecular complexity index is 714. The highest BCUT2D eigenvalue weighted by molar-refractivity contribution is 9.10. The van der Waals surface area contributed by atoms with Gasteiger partial charge in [-0.15, -0.1) is 0 Å². The Labute approximate surface area is 124 Å². The average molecular weight is 330 g/mol. The lowest BCUT2D eigenvalue weighted by atomic mass is 10.2. The number of anilines is 1. The molecule has 2 aromatic carbocycles. The number of para-hydroxylation sites is 1. The number of amides is 1. The summed E-state index contributed by atoms with van der Waals surface area (Å²) >= 11 is 3.36. The van der Waals surface area contributed by atoms with Gasteiger partial charge < -0.3 is 9.73 Å². The van der Waals surface area contributed by atoms with E-state index in [9.17, 15) is 4.79 Å². The second-order valence-electron chi connectivity index (χ2n) is 4.48. The van der Waals surface area contributed by atoms with Crippen molar-refractivity contribution in [2.24, 2.45) is 0 Å². The highest BCUT2D eigenvalue weighted by atomic mass is 79.9. The molecule has 1 heterocycles. The summed E-state index contributed by atoms with van der Waals surface area (Å²) in [7, 11) is 0. The van der Waals surface area contributed by atoms with Crippen LogP contribution in [-0.4, -0.2) is 5.91 Å². The van der Waals surface area contributed by atoms with Crippen LogP contribution in [0, 0.1) is 0 Å². The molecule has 0 radical (unpaired) electrons. The Morgan fingerprint density at radius 1 is 1.10 bits per heavy atom. The molecule has 3 rings (SSSR count). The van der Waals surface area contributed by atoms with Crippen LogP contribution in [0.1, 0.15) is 5.76 Å². The Hall–Kier alpha value is -2.07. The highest BCUT2D eigenvalue weighted by Crippen LogP contribution is 2.20. The summed E-state index contributed by atoms with van der Waals surface area (Å²) < 4.78 is 6.61. The van der Waals surface area contributed by atoms with Crippen molar-refractivity contribution in [1.82, 2.24) is 0 Å². The highest BCUT2D eigenvalue weighted by Gasteiger charge is 2.09. The Balaban J connectivity index is 1.70. The SMILES string of the molecule is O=C(Cc1cc2ccccc2o1)Nc1ccc(Br)cc1. The van der Waals surface area contributed by atoms with E-state index in [2.05, 4.69) is 21.2 Å². The summed E-state index contributed by atoms with van der Waals surface area (Å²) in [6, 6.07) is 17.1. The minimum absolute atomic E-state index is 0.0913. The summed E-state index contributed by atoms with van der Waals surface area (Å²) in [5.74, 6) is 0.576. The zero-order valence-corrected chi connectivity index (χ0v) is 12.2. The van der Waals surface area contributed by atoms with Gasteiger partial charge in [0.1, 0.15) is 11.3 Å². The molecule has 1 N–H and O–H groups in total. The zero-order chi connectivity index (χ0) is 13.9. The normalized spacial score (nSPS) is 10.7. The predicted molar refractivity (Wildman–Crippen MR) is 82.7 cm³/mol. The first-order valence-electron chi connectivity index (χ1n) is 6.23. The van der Waals surface area contributed by atoms with E-state index in [0.717, 1.165) is 21.1 Å². The van der Waals surface area contributed by atoms with Gasteiger partial charge in [-0.25, -0.2) is 0 Å². The van der Waals surface area contributed by atoms with Crippen LogP contribution in [0.5, 0.6) is 0 Å². The molecule has 0 atom stereocenters. The minimum Gasteiger partial charge on any atom is -0.461 e. The van der Waals surface area contributed by atoms with E-state index in [4.69, 9.17) is 4.42 Å². The molecule has 0 aliphatic carbocycles. The molecule has 4 heteroatoms. The van der Waals surface area contributed by atoms with Crippen molar-refractivity contribution in [1.29, 1.82) is 0 Å². The van der Waals surface area contributed by atoms with Gasteiger partial charge in [-0.05, 0) is 36.4 Å².